The van der Waals surface area contributed by atoms with Gasteiger partial charge in [-0.2, -0.15) is 0 Å². The van der Waals surface area contributed by atoms with E-state index in [1.165, 1.54) is 7.11 Å². The summed E-state index contributed by atoms with van der Waals surface area (Å²) in [6.45, 7) is 5.75. The van der Waals surface area contributed by atoms with E-state index in [1.54, 1.807) is 11.3 Å². The van der Waals surface area contributed by atoms with Crippen LogP contribution in [0.25, 0.3) is 10.4 Å². The predicted molar refractivity (Wildman–Crippen MR) is 93.1 cm³/mol. The van der Waals surface area contributed by atoms with Crippen LogP contribution in [0.3, 0.4) is 0 Å². The van der Waals surface area contributed by atoms with Crippen molar-refractivity contribution in [1.82, 2.24) is 0 Å². The highest BCUT2D eigenvalue weighted by Gasteiger charge is 2.31. The molecule has 1 aromatic heterocycles. The first-order chi connectivity index (χ1) is 10.3. The monoisotopic (exact) mass is 382 g/mol. The molecule has 5 heteroatoms. The number of benzene rings is 1. The molecule has 2 rings (SSSR count). The lowest BCUT2D eigenvalue weighted by molar-refractivity contribution is -0.164. The lowest BCUT2D eigenvalue weighted by atomic mass is 10.1. The zero-order chi connectivity index (χ0) is 16.3. The maximum atomic E-state index is 12.1. The van der Waals surface area contributed by atoms with Gasteiger partial charge < -0.3 is 9.47 Å². The first-order valence-electron chi connectivity index (χ1n) is 6.92. The fourth-order valence-corrected chi connectivity index (χ4v) is 3.77. The zero-order valence-corrected chi connectivity index (χ0v) is 15.5. The van der Waals surface area contributed by atoms with Gasteiger partial charge in [0.2, 0.25) is 0 Å². The van der Waals surface area contributed by atoms with Crippen LogP contribution in [0.15, 0.2) is 40.2 Å². The molecule has 1 atom stereocenters. The van der Waals surface area contributed by atoms with Crippen molar-refractivity contribution in [2.45, 2.75) is 32.5 Å². The second-order valence-electron chi connectivity index (χ2n) is 5.84. The summed E-state index contributed by atoms with van der Waals surface area (Å²) in [7, 11) is 1.37. The standard InChI is InChI=1S/C17H19BrO3S/c1-17(2,3)21-14(16(19)20-4)12-10-13(22-15(12)18)11-8-6-5-7-9-11/h5-10,14H,1-4H3. The van der Waals surface area contributed by atoms with E-state index >= 15 is 0 Å². The number of halogens is 1. The van der Waals surface area contributed by atoms with Crippen molar-refractivity contribution in [1.29, 1.82) is 0 Å². The van der Waals surface area contributed by atoms with E-state index in [0.717, 1.165) is 19.8 Å². The van der Waals surface area contributed by atoms with Gasteiger partial charge in [0, 0.05) is 10.4 Å². The highest BCUT2D eigenvalue weighted by molar-refractivity contribution is 9.11. The van der Waals surface area contributed by atoms with Gasteiger partial charge in [0.15, 0.2) is 6.10 Å². The molecule has 0 saturated heterocycles. The van der Waals surface area contributed by atoms with Crippen LogP contribution in [-0.4, -0.2) is 18.7 Å². The third-order valence-electron chi connectivity index (χ3n) is 2.94. The third-order valence-corrected chi connectivity index (χ3v) is 4.87. The highest BCUT2D eigenvalue weighted by atomic mass is 79.9. The molecule has 118 valence electrons. The SMILES string of the molecule is COC(=O)C(OC(C)(C)C)c1cc(-c2ccccc2)sc1Br. The molecule has 1 unspecified atom stereocenters. The van der Waals surface area contributed by atoms with E-state index in [1.807, 2.05) is 57.2 Å². The summed E-state index contributed by atoms with van der Waals surface area (Å²) in [6, 6.07) is 12.0. The Morgan fingerprint density at radius 1 is 1.23 bits per heavy atom. The van der Waals surface area contributed by atoms with Crippen molar-refractivity contribution >= 4 is 33.2 Å². The minimum absolute atomic E-state index is 0.395. The van der Waals surface area contributed by atoms with E-state index in [4.69, 9.17) is 9.47 Å². The lowest BCUT2D eigenvalue weighted by Crippen LogP contribution is -2.28. The van der Waals surface area contributed by atoms with E-state index in [-0.39, 0.29) is 0 Å². The van der Waals surface area contributed by atoms with Crippen LogP contribution >= 0.6 is 27.3 Å². The second-order valence-corrected chi connectivity index (χ2v) is 8.21. The Labute approximate surface area is 143 Å². The maximum Gasteiger partial charge on any atom is 0.339 e. The first-order valence-corrected chi connectivity index (χ1v) is 8.53. The number of hydrogen-bond acceptors (Lipinski definition) is 4. The second kappa shape index (κ2) is 6.94. The number of carbonyl (C=O) groups excluding carboxylic acids is 1. The van der Waals surface area contributed by atoms with Crippen LogP contribution in [0.2, 0.25) is 0 Å². The highest BCUT2D eigenvalue weighted by Crippen LogP contribution is 2.40. The Kier molecular flexibility index (Phi) is 5.42. The molecule has 0 spiro atoms. The average Bonchev–Trinajstić information content (AvgIpc) is 2.86. The summed E-state index contributed by atoms with van der Waals surface area (Å²) in [5.41, 5.74) is 1.46. The van der Waals surface area contributed by atoms with Crippen LogP contribution < -0.4 is 0 Å². The van der Waals surface area contributed by atoms with Crippen molar-refractivity contribution < 1.29 is 14.3 Å². The van der Waals surface area contributed by atoms with Gasteiger partial charge in [-0.05, 0) is 48.3 Å². The van der Waals surface area contributed by atoms with Crippen LogP contribution in [0.5, 0.6) is 0 Å². The molecule has 0 aliphatic heterocycles. The summed E-state index contributed by atoms with van der Waals surface area (Å²) in [5.74, 6) is -0.395. The number of carbonyl (C=O) groups is 1. The topological polar surface area (TPSA) is 35.5 Å². The number of thiophene rings is 1. The molecule has 1 aromatic carbocycles. The van der Waals surface area contributed by atoms with Crippen LogP contribution in [-0.2, 0) is 14.3 Å². The minimum Gasteiger partial charge on any atom is -0.467 e. The smallest absolute Gasteiger partial charge is 0.339 e. The molecule has 3 nitrogen and oxygen atoms in total. The molecule has 0 bridgehead atoms. The van der Waals surface area contributed by atoms with Crippen molar-refractivity contribution in [2.24, 2.45) is 0 Å². The van der Waals surface area contributed by atoms with Crippen LogP contribution in [0.4, 0.5) is 0 Å². The molecule has 1 heterocycles. The predicted octanol–water partition coefficient (Wildman–Crippen LogP) is 5.21. The third kappa shape index (κ3) is 4.18. The Bertz CT molecular complexity index is 644. The molecule has 0 amide bonds. The number of ether oxygens (including phenoxy) is 2. The van der Waals surface area contributed by atoms with Gasteiger partial charge in [0.25, 0.3) is 0 Å². The first kappa shape index (κ1) is 17.2. The van der Waals surface area contributed by atoms with Gasteiger partial charge in [-0.15, -0.1) is 11.3 Å². The largest absolute Gasteiger partial charge is 0.467 e. The Morgan fingerprint density at radius 2 is 1.86 bits per heavy atom. The lowest BCUT2D eigenvalue weighted by Gasteiger charge is -2.25. The summed E-state index contributed by atoms with van der Waals surface area (Å²) < 4.78 is 11.7. The van der Waals surface area contributed by atoms with E-state index in [0.29, 0.717) is 0 Å². The summed E-state index contributed by atoms with van der Waals surface area (Å²) in [5, 5.41) is 0. The van der Waals surface area contributed by atoms with E-state index in [9.17, 15) is 4.79 Å². The molecular weight excluding hydrogens is 364 g/mol. The van der Waals surface area contributed by atoms with Crippen molar-refractivity contribution in [3.63, 3.8) is 0 Å². The Hall–Kier alpha value is -1.17. The molecule has 22 heavy (non-hydrogen) atoms. The van der Waals surface area contributed by atoms with Crippen LogP contribution in [0.1, 0.15) is 32.4 Å². The summed E-state index contributed by atoms with van der Waals surface area (Å²) in [6.07, 6.45) is -0.743. The minimum atomic E-state index is -0.743. The summed E-state index contributed by atoms with van der Waals surface area (Å²) >= 11 is 5.13. The Morgan fingerprint density at radius 3 is 2.41 bits per heavy atom. The number of methoxy groups -OCH3 is 1. The quantitative estimate of drug-likeness (QED) is 0.681. The normalized spacial score (nSPS) is 13.0. The number of esters is 1. The van der Waals surface area contributed by atoms with E-state index < -0.39 is 17.7 Å². The fourth-order valence-electron chi connectivity index (χ4n) is 2.01. The molecular formula is C17H19BrO3S. The molecule has 0 saturated carbocycles. The molecule has 0 aliphatic rings. The van der Waals surface area contributed by atoms with E-state index in [2.05, 4.69) is 15.9 Å². The van der Waals surface area contributed by atoms with Gasteiger partial charge >= 0.3 is 5.97 Å². The molecule has 0 N–H and O–H groups in total. The van der Waals surface area contributed by atoms with Gasteiger partial charge in [0.05, 0.1) is 16.5 Å². The van der Waals surface area contributed by atoms with Gasteiger partial charge in [-0.1, -0.05) is 30.3 Å². The Balaban J connectivity index is 2.40. The molecule has 0 fully saturated rings. The zero-order valence-electron chi connectivity index (χ0n) is 13.1. The molecule has 2 aromatic rings. The molecule has 0 aliphatic carbocycles. The van der Waals surface area contributed by atoms with Crippen molar-refractivity contribution in [2.75, 3.05) is 7.11 Å². The van der Waals surface area contributed by atoms with Gasteiger partial charge in [-0.3, -0.25) is 0 Å². The number of hydrogen-bond donors (Lipinski definition) is 0. The van der Waals surface area contributed by atoms with Crippen molar-refractivity contribution in [3.05, 3.63) is 45.7 Å². The summed E-state index contributed by atoms with van der Waals surface area (Å²) in [4.78, 5) is 13.2. The van der Waals surface area contributed by atoms with Gasteiger partial charge in [0.1, 0.15) is 0 Å². The van der Waals surface area contributed by atoms with Crippen molar-refractivity contribution in [3.8, 4) is 10.4 Å². The average molecular weight is 383 g/mol. The maximum absolute atomic E-state index is 12.1. The number of rotatable bonds is 4. The van der Waals surface area contributed by atoms with Gasteiger partial charge in [-0.25, -0.2) is 4.79 Å². The molecule has 0 radical (unpaired) electrons. The van der Waals surface area contributed by atoms with Crippen LogP contribution in [0, 0.1) is 0 Å². The fraction of sp³-hybridized carbons (Fsp3) is 0.353.